The van der Waals surface area contributed by atoms with E-state index in [2.05, 4.69) is 4.74 Å². The highest BCUT2D eigenvalue weighted by Gasteiger charge is 2.33. The fourth-order valence-corrected chi connectivity index (χ4v) is 6.04. The van der Waals surface area contributed by atoms with Crippen LogP contribution >= 0.6 is 0 Å². The van der Waals surface area contributed by atoms with Crippen molar-refractivity contribution < 1.29 is 31.1 Å². The van der Waals surface area contributed by atoms with E-state index in [1.807, 2.05) is 33.8 Å². The molecule has 0 aromatic heterocycles. The average Bonchev–Trinajstić information content (AvgIpc) is 2.77. The smallest absolute Gasteiger partial charge is 0.367 e. The van der Waals surface area contributed by atoms with Crippen LogP contribution in [0.25, 0.3) is 0 Å². The maximum Gasteiger partial charge on any atom is 0.411 e. The number of carbonyl (C=O) groups is 1. The first-order valence-corrected chi connectivity index (χ1v) is 12.4. The number of sulfonamides is 1. The Morgan fingerprint density at radius 3 is 1.97 bits per heavy atom. The second-order valence-corrected chi connectivity index (χ2v) is 10.5. The minimum Gasteiger partial charge on any atom is -0.367 e. The van der Waals surface area contributed by atoms with Gasteiger partial charge in [0.1, 0.15) is 6.61 Å². The zero-order valence-corrected chi connectivity index (χ0v) is 20.5. The second-order valence-electron chi connectivity index (χ2n) is 8.59. The lowest BCUT2D eigenvalue weighted by Crippen LogP contribution is -2.50. The largest absolute Gasteiger partial charge is 0.411 e. The van der Waals surface area contributed by atoms with E-state index in [0.717, 1.165) is 22.3 Å². The summed E-state index contributed by atoms with van der Waals surface area (Å²) in [4.78, 5) is 14.8. The normalized spacial score (nSPS) is 15.6. The lowest BCUT2D eigenvalue weighted by atomic mass is 10.0. The quantitative estimate of drug-likeness (QED) is 0.600. The molecule has 6 nitrogen and oxygen atoms in total. The summed E-state index contributed by atoms with van der Waals surface area (Å²) in [5, 5.41) is 0. The summed E-state index contributed by atoms with van der Waals surface area (Å²) < 4.78 is 69.4. The van der Waals surface area contributed by atoms with Gasteiger partial charge in [-0.05, 0) is 67.6 Å². The molecule has 1 fully saturated rings. The van der Waals surface area contributed by atoms with Crippen molar-refractivity contribution in [2.24, 2.45) is 0 Å². The Labute approximate surface area is 198 Å². The van der Waals surface area contributed by atoms with E-state index in [1.165, 1.54) is 4.31 Å². The molecule has 0 atom stereocenters. The second kappa shape index (κ2) is 10.1. The van der Waals surface area contributed by atoms with E-state index in [-0.39, 0.29) is 38.7 Å². The summed E-state index contributed by atoms with van der Waals surface area (Å²) >= 11 is 0. The van der Waals surface area contributed by atoms with Crippen molar-refractivity contribution >= 4 is 15.9 Å². The monoisotopic (exact) mass is 498 g/mol. The summed E-state index contributed by atoms with van der Waals surface area (Å²) in [5.41, 5.74) is 4.22. The van der Waals surface area contributed by atoms with Gasteiger partial charge in [0.25, 0.3) is 5.91 Å². The molecule has 0 radical (unpaired) electrons. The van der Waals surface area contributed by atoms with Gasteiger partial charge in [0.2, 0.25) is 10.0 Å². The molecule has 0 spiro atoms. The van der Waals surface area contributed by atoms with Crippen LogP contribution in [0.5, 0.6) is 0 Å². The molecule has 3 rings (SSSR count). The number of piperazine rings is 1. The van der Waals surface area contributed by atoms with Crippen molar-refractivity contribution in [3.8, 4) is 0 Å². The molecular formula is C24H29F3N2O4S. The molecule has 1 saturated heterocycles. The summed E-state index contributed by atoms with van der Waals surface area (Å²) in [7, 11) is -3.71. The van der Waals surface area contributed by atoms with Crippen molar-refractivity contribution in [3.05, 3.63) is 63.7 Å². The van der Waals surface area contributed by atoms with Crippen molar-refractivity contribution in [1.82, 2.24) is 9.21 Å². The fraction of sp³-hybridized carbons (Fsp3) is 0.458. The number of halogens is 3. The van der Waals surface area contributed by atoms with Gasteiger partial charge in [0.15, 0.2) is 0 Å². The van der Waals surface area contributed by atoms with Crippen LogP contribution < -0.4 is 0 Å². The first-order chi connectivity index (χ1) is 15.8. The van der Waals surface area contributed by atoms with Gasteiger partial charge in [-0.2, -0.15) is 17.5 Å². The lowest BCUT2D eigenvalue weighted by molar-refractivity contribution is -0.176. The first-order valence-electron chi connectivity index (χ1n) is 10.9. The molecule has 0 bridgehead atoms. The van der Waals surface area contributed by atoms with Crippen LogP contribution in [0.15, 0.2) is 35.2 Å². The highest BCUT2D eigenvalue weighted by atomic mass is 32.2. The van der Waals surface area contributed by atoms with Crippen molar-refractivity contribution in [1.29, 1.82) is 0 Å². The SMILES string of the molecule is Cc1cc(C)c(C)c(S(=O)(=O)N2CCN(C(=O)c3ccc(COCC(F)(F)F)cc3)CC2)c1C. The molecule has 186 valence electrons. The highest BCUT2D eigenvalue weighted by molar-refractivity contribution is 7.89. The molecule has 1 aliphatic heterocycles. The van der Waals surface area contributed by atoms with Gasteiger partial charge in [0.05, 0.1) is 11.5 Å². The van der Waals surface area contributed by atoms with Gasteiger partial charge in [-0.3, -0.25) is 4.79 Å². The molecule has 1 amide bonds. The van der Waals surface area contributed by atoms with Crippen LogP contribution in [0.3, 0.4) is 0 Å². The molecule has 2 aromatic carbocycles. The van der Waals surface area contributed by atoms with E-state index in [9.17, 15) is 26.4 Å². The lowest BCUT2D eigenvalue weighted by Gasteiger charge is -2.35. The summed E-state index contributed by atoms with van der Waals surface area (Å²) in [6, 6.07) is 8.17. The molecule has 34 heavy (non-hydrogen) atoms. The molecule has 1 heterocycles. The van der Waals surface area contributed by atoms with Gasteiger partial charge in [-0.25, -0.2) is 8.42 Å². The van der Waals surface area contributed by atoms with Gasteiger partial charge in [-0.1, -0.05) is 18.2 Å². The Balaban J connectivity index is 1.64. The number of benzene rings is 2. The molecule has 0 N–H and O–H groups in total. The number of carbonyl (C=O) groups excluding carboxylic acids is 1. The molecule has 0 unspecified atom stereocenters. The molecule has 1 aliphatic rings. The number of rotatable bonds is 6. The zero-order chi connectivity index (χ0) is 25.3. The number of hydrogen-bond acceptors (Lipinski definition) is 4. The minimum absolute atomic E-state index is 0.184. The van der Waals surface area contributed by atoms with E-state index < -0.39 is 22.8 Å². The van der Waals surface area contributed by atoms with E-state index in [4.69, 9.17) is 0 Å². The Morgan fingerprint density at radius 2 is 1.47 bits per heavy atom. The Morgan fingerprint density at radius 1 is 0.941 bits per heavy atom. The molecule has 10 heteroatoms. The average molecular weight is 499 g/mol. The summed E-state index contributed by atoms with van der Waals surface area (Å²) in [6.45, 7) is 6.74. The van der Waals surface area contributed by atoms with Crippen LogP contribution in [0.2, 0.25) is 0 Å². The van der Waals surface area contributed by atoms with Crippen molar-refractivity contribution in [3.63, 3.8) is 0 Å². The third-order valence-electron chi connectivity index (χ3n) is 6.16. The Bertz CT molecular complexity index is 1130. The van der Waals surface area contributed by atoms with Crippen LogP contribution in [0.4, 0.5) is 13.2 Å². The molecule has 0 saturated carbocycles. The van der Waals surface area contributed by atoms with Crippen LogP contribution in [0.1, 0.15) is 38.2 Å². The topological polar surface area (TPSA) is 66.9 Å². The van der Waals surface area contributed by atoms with Crippen molar-refractivity contribution in [2.45, 2.75) is 45.4 Å². The number of ether oxygens (including phenoxy) is 1. The summed E-state index contributed by atoms with van der Waals surface area (Å²) in [5.74, 6) is -0.251. The van der Waals surface area contributed by atoms with Crippen LogP contribution in [-0.4, -0.2) is 62.5 Å². The van der Waals surface area contributed by atoms with E-state index in [1.54, 1.807) is 29.2 Å². The number of amides is 1. The molecular weight excluding hydrogens is 469 g/mol. The van der Waals surface area contributed by atoms with Gasteiger partial charge in [0, 0.05) is 31.7 Å². The van der Waals surface area contributed by atoms with Crippen LogP contribution in [-0.2, 0) is 21.4 Å². The van der Waals surface area contributed by atoms with E-state index >= 15 is 0 Å². The predicted molar refractivity (Wildman–Crippen MR) is 122 cm³/mol. The standard InChI is InChI=1S/C24H29F3N2O4S/c1-16-13-17(2)19(4)22(18(16)3)34(31,32)29-11-9-28(10-12-29)23(30)21-7-5-20(6-8-21)14-33-15-24(25,26)27/h5-8,13H,9-12,14-15H2,1-4H3. The highest BCUT2D eigenvalue weighted by Crippen LogP contribution is 2.29. The first kappa shape index (κ1) is 26.2. The third kappa shape index (κ3) is 5.79. The zero-order valence-electron chi connectivity index (χ0n) is 19.7. The van der Waals surface area contributed by atoms with Crippen LogP contribution in [0, 0.1) is 27.7 Å². The fourth-order valence-electron chi connectivity index (χ4n) is 4.04. The number of alkyl halides is 3. The summed E-state index contributed by atoms with van der Waals surface area (Å²) in [6.07, 6.45) is -4.39. The molecule has 0 aliphatic carbocycles. The maximum atomic E-state index is 13.4. The number of aryl methyl sites for hydroxylation is 2. The Hall–Kier alpha value is -2.43. The Kier molecular flexibility index (Phi) is 7.74. The van der Waals surface area contributed by atoms with E-state index in [0.29, 0.717) is 16.0 Å². The third-order valence-corrected chi connectivity index (χ3v) is 8.33. The van der Waals surface area contributed by atoms with Gasteiger partial charge in [-0.15, -0.1) is 0 Å². The predicted octanol–water partition coefficient (Wildman–Crippen LogP) is 4.15. The minimum atomic E-state index is -4.39. The van der Waals surface area contributed by atoms with Crippen molar-refractivity contribution in [2.75, 3.05) is 32.8 Å². The molecule has 2 aromatic rings. The number of nitrogens with zero attached hydrogens (tertiary/aromatic N) is 2. The number of hydrogen-bond donors (Lipinski definition) is 0. The maximum absolute atomic E-state index is 13.4. The van der Waals surface area contributed by atoms with Gasteiger partial charge >= 0.3 is 6.18 Å². The van der Waals surface area contributed by atoms with Gasteiger partial charge < -0.3 is 9.64 Å².